The second kappa shape index (κ2) is 6.45. The van der Waals surface area contributed by atoms with E-state index in [1.165, 1.54) is 5.56 Å². The van der Waals surface area contributed by atoms with Crippen LogP contribution in [0.4, 0.5) is 0 Å². The Balaban J connectivity index is 1.80. The smallest absolute Gasteiger partial charge is 0.167 e. The molecule has 0 bridgehead atoms. The second-order valence-corrected chi connectivity index (χ2v) is 6.92. The van der Waals surface area contributed by atoms with E-state index in [2.05, 4.69) is 42.4 Å². The predicted molar refractivity (Wildman–Crippen MR) is 101 cm³/mol. The molecule has 0 radical (unpaired) electrons. The van der Waals surface area contributed by atoms with Gasteiger partial charge in [0.15, 0.2) is 5.78 Å². The van der Waals surface area contributed by atoms with Gasteiger partial charge in [0.2, 0.25) is 0 Å². The molecule has 1 aliphatic rings. The van der Waals surface area contributed by atoms with Crippen molar-refractivity contribution < 1.29 is 9.53 Å². The van der Waals surface area contributed by atoms with Crippen molar-refractivity contribution in [2.45, 2.75) is 32.6 Å². The minimum atomic E-state index is 0.103. The summed E-state index contributed by atoms with van der Waals surface area (Å²) in [6.07, 6.45) is 1.27. The number of aryl methyl sites for hydroxylation is 2. The Morgan fingerprint density at radius 1 is 1.04 bits per heavy atom. The van der Waals surface area contributed by atoms with Crippen LogP contribution in [0.1, 0.15) is 45.2 Å². The molecule has 0 spiro atoms. The number of hydrogen-bond donors (Lipinski definition) is 0. The highest BCUT2D eigenvalue weighted by molar-refractivity contribution is 6.00. The van der Waals surface area contributed by atoms with E-state index in [1.54, 1.807) is 7.11 Å². The molecular formula is C22H22N2O2. The molecule has 0 N–H and O–H groups in total. The third kappa shape index (κ3) is 2.71. The summed E-state index contributed by atoms with van der Waals surface area (Å²) >= 11 is 0. The fraction of sp³-hybridized carbons (Fsp3) is 0.273. The van der Waals surface area contributed by atoms with E-state index in [-0.39, 0.29) is 11.7 Å². The van der Waals surface area contributed by atoms with Gasteiger partial charge in [0.05, 0.1) is 29.7 Å². The number of rotatable bonds is 3. The Bertz CT molecular complexity index is 970. The molecule has 0 fully saturated rings. The number of aromatic nitrogens is 2. The molecule has 4 rings (SSSR count). The van der Waals surface area contributed by atoms with Gasteiger partial charge in [-0.3, -0.25) is 4.79 Å². The normalized spacial score (nSPS) is 16.4. The largest absolute Gasteiger partial charge is 0.496 e. The van der Waals surface area contributed by atoms with Gasteiger partial charge in [-0.1, -0.05) is 35.9 Å². The van der Waals surface area contributed by atoms with Gasteiger partial charge >= 0.3 is 0 Å². The van der Waals surface area contributed by atoms with Crippen molar-refractivity contribution in [3.63, 3.8) is 0 Å². The maximum absolute atomic E-state index is 12.9. The topological polar surface area (TPSA) is 44.1 Å². The minimum Gasteiger partial charge on any atom is -0.496 e. The average Bonchev–Trinajstić information content (AvgIpc) is 2.99. The monoisotopic (exact) mass is 346 g/mol. The number of ketones is 1. The molecule has 2 aromatic carbocycles. The van der Waals surface area contributed by atoms with Gasteiger partial charge in [-0.25, -0.2) is 4.68 Å². The maximum Gasteiger partial charge on any atom is 0.167 e. The molecule has 4 heteroatoms. The molecule has 0 saturated heterocycles. The van der Waals surface area contributed by atoms with Crippen molar-refractivity contribution in [2.24, 2.45) is 0 Å². The zero-order valence-corrected chi connectivity index (χ0v) is 15.3. The number of Topliss-reactive ketones (excluding diaryl/α,β-unsaturated/α-hetero) is 1. The zero-order valence-electron chi connectivity index (χ0n) is 15.3. The number of carbonyl (C=O) groups is 1. The van der Waals surface area contributed by atoms with E-state index in [0.29, 0.717) is 6.42 Å². The molecule has 1 heterocycles. The summed E-state index contributed by atoms with van der Waals surface area (Å²) < 4.78 is 7.46. The van der Waals surface area contributed by atoms with E-state index >= 15 is 0 Å². The van der Waals surface area contributed by atoms with Crippen molar-refractivity contribution >= 4 is 5.78 Å². The van der Waals surface area contributed by atoms with Crippen LogP contribution in [0.2, 0.25) is 0 Å². The van der Waals surface area contributed by atoms with Gasteiger partial charge < -0.3 is 4.74 Å². The number of hydrogen-bond acceptors (Lipinski definition) is 3. The summed E-state index contributed by atoms with van der Waals surface area (Å²) in [4.78, 5) is 12.9. The first kappa shape index (κ1) is 16.6. The van der Waals surface area contributed by atoms with E-state index in [1.807, 2.05) is 29.8 Å². The van der Waals surface area contributed by atoms with Crippen molar-refractivity contribution in [3.05, 3.63) is 76.6 Å². The quantitative estimate of drug-likeness (QED) is 0.705. The Hall–Kier alpha value is -2.88. The average molecular weight is 346 g/mol. The van der Waals surface area contributed by atoms with Crippen LogP contribution in [0.5, 0.6) is 5.75 Å². The summed E-state index contributed by atoms with van der Waals surface area (Å²) in [5.41, 5.74) is 5.88. The van der Waals surface area contributed by atoms with Crippen LogP contribution in [-0.4, -0.2) is 22.7 Å². The minimum absolute atomic E-state index is 0.103. The molecule has 1 aliphatic carbocycles. The molecule has 26 heavy (non-hydrogen) atoms. The van der Waals surface area contributed by atoms with E-state index in [4.69, 9.17) is 4.74 Å². The standard InChI is InChI=1S/C22H22N2O2/c1-14-8-10-17(11-9-14)24-19-12-16(13-20(25)22(19)15(2)23-24)18-6-4-5-7-21(18)26-3/h4-11,16H,12-13H2,1-3H3/t16-/m1/s1. The first-order valence-corrected chi connectivity index (χ1v) is 8.90. The summed E-state index contributed by atoms with van der Waals surface area (Å²) in [5.74, 6) is 1.11. The number of benzene rings is 2. The molecular weight excluding hydrogens is 324 g/mol. The van der Waals surface area contributed by atoms with E-state index in [0.717, 1.165) is 40.4 Å². The van der Waals surface area contributed by atoms with Crippen LogP contribution in [0.15, 0.2) is 48.5 Å². The molecule has 0 saturated carbocycles. The number of ether oxygens (including phenoxy) is 1. The van der Waals surface area contributed by atoms with Gasteiger partial charge in [0.25, 0.3) is 0 Å². The van der Waals surface area contributed by atoms with Gasteiger partial charge in [0, 0.05) is 12.3 Å². The number of carbonyl (C=O) groups excluding carboxylic acids is 1. The van der Waals surface area contributed by atoms with E-state index in [9.17, 15) is 4.79 Å². The third-order valence-electron chi connectivity index (χ3n) is 5.16. The van der Waals surface area contributed by atoms with Gasteiger partial charge in [-0.05, 0) is 44.0 Å². The SMILES string of the molecule is COc1ccccc1[C@H]1CC(=O)c2c(C)nn(-c3ccc(C)cc3)c2C1. The van der Waals surface area contributed by atoms with Crippen LogP contribution in [0.25, 0.3) is 5.69 Å². The summed E-state index contributed by atoms with van der Waals surface area (Å²) in [6, 6.07) is 16.2. The molecule has 4 nitrogen and oxygen atoms in total. The summed E-state index contributed by atoms with van der Waals surface area (Å²) in [6.45, 7) is 3.99. The summed E-state index contributed by atoms with van der Waals surface area (Å²) in [7, 11) is 1.68. The predicted octanol–water partition coefficient (Wildman–Crippen LogP) is 4.41. The van der Waals surface area contributed by atoms with Crippen LogP contribution in [-0.2, 0) is 6.42 Å². The fourth-order valence-electron chi connectivity index (χ4n) is 3.88. The lowest BCUT2D eigenvalue weighted by Crippen LogP contribution is -2.21. The number of nitrogens with zero attached hydrogens (tertiary/aromatic N) is 2. The van der Waals surface area contributed by atoms with Gasteiger partial charge in [-0.15, -0.1) is 0 Å². The van der Waals surface area contributed by atoms with Crippen LogP contribution in [0.3, 0.4) is 0 Å². The Kier molecular flexibility index (Phi) is 4.11. The highest BCUT2D eigenvalue weighted by atomic mass is 16.5. The zero-order chi connectivity index (χ0) is 18.3. The molecule has 1 atom stereocenters. The first-order valence-electron chi connectivity index (χ1n) is 8.90. The highest BCUT2D eigenvalue weighted by Crippen LogP contribution is 2.38. The molecule has 3 aromatic rings. The van der Waals surface area contributed by atoms with Crippen LogP contribution >= 0.6 is 0 Å². The maximum atomic E-state index is 12.9. The van der Waals surface area contributed by atoms with Crippen LogP contribution < -0.4 is 4.74 Å². The highest BCUT2D eigenvalue weighted by Gasteiger charge is 2.33. The first-order chi connectivity index (χ1) is 12.6. The third-order valence-corrected chi connectivity index (χ3v) is 5.16. The fourth-order valence-corrected chi connectivity index (χ4v) is 3.88. The van der Waals surface area contributed by atoms with Crippen molar-refractivity contribution in [1.82, 2.24) is 9.78 Å². The second-order valence-electron chi connectivity index (χ2n) is 6.92. The Morgan fingerprint density at radius 2 is 1.77 bits per heavy atom. The van der Waals surface area contributed by atoms with E-state index < -0.39 is 0 Å². The van der Waals surface area contributed by atoms with Crippen molar-refractivity contribution in [2.75, 3.05) is 7.11 Å². The number of fused-ring (bicyclic) bond motifs is 1. The molecule has 0 unspecified atom stereocenters. The van der Waals surface area contributed by atoms with Crippen LogP contribution in [0, 0.1) is 13.8 Å². The van der Waals surface area contributed by atoms with Gasteiger partial charge in [-0.2, -0.15) is 5.10 Å². The lowest BCUT2D eigenvalue weighted by atomic mass is 9.81. The molecule has 0 amide bonds. The van der Waals surface area contributed by atoms with Crippen molar-refractivity contribution in [3.8, 4) is 11.4 Å². The van der Waals surface area contributed by atoms with Gasteiger partial charge in [0.1, 0.15) is 5.75 Å². The van der Waals surface area contributed by atoms with Crippen molar-refractivity contribution in [1.29, 1.82) is 0 Å². The number of methoxy groups -OCH3 is 1. The summed E-state index contributed by atoms with van der Waals surface area (Å²) in [5, 5.41) is 4.68. The molecule has 1 aromatic heterocycles. The molecule has 0 aliphatic heterocycles. The lowest BCUT2D eigenvalue weighted by molar-refractivity contribution is 0.0963. The molecule has 132 valence electrons. The Morgan fingerprint density at radius 3 is 2.50 bits per heavy atom. The lowest BCUT2D eigenvalue weighted by Gasteiger charge is -2.24. The Labute approximate surface area is 153 Å². The number of para-hydroxylation sites is 1.